The lowest BCUT2D eigenvalue weighted by Gasteiger charge is -2.11. The molecular formula is C12H13ClN2O3. The molecule has 0 fully saturated rings. The molecule has 0 aliphatic rings. The second-order valence-electron chi connectivity index (χ2n) is 3.54. The number of halogens is 1. The summed E-state index contributed by atoms with van der Waals surface area (Å²) >= 11 is 5.72. The second-order valence-corrected chi connectivity index (χ2v) is 3.90. The number of aromatic amines is 1. The summed E-state index contributed by atoms with van der Waals surface area (Å²) in [5.74, 6) is 1.09. The normalized spacial score (nSPS) is 10.6. The molecule has 2 aromatic rings. The molecule has 0 spiro atoms. The SMILES string of the molecule is CCOc1cc2nc(Cl)[nH]c(=O)c2cc1OCC. The van der Waals surface area contributed by atoms with Gasteiger partial charge in [0, 0.05) is 6.07 Å². The first-order chi connectivity index (χ1) is 8.65. The van der Waals surface area contributed by atoms with Crippen molar-refractivity contribution >= 4 is 22.5 Å². The van der Waals surface area contributed by atoms with E-state index in [4.69, 9.17) is 21.1 Å². The lowest BCUT2D eigenvalue weighted by molar-refractivity contribution is 0.288. The maximum atomic E-state index is 11.7. The summed E-state index contributed by atoms with van der Waals surface area (Å²) in [6.07, 6.45) is 0. The molecule has 5 nitrogen and oxygen atoms in total. The van der Waals surface area contributed by atoms with Crippen LogP contribution in [0.25, 0.3) is 10.9 Å². The van der Waals surface area contributed by atoms with E-state index >= 15 is 0 Å². The number of hydrogen-bond donors (Lipinski definition) is 1. The number of nitrogens with one attached hydrogen (secondary N) is 1. The molecule has 96 valence electrons. The Kier molecular flexibility index (Phi) is 3.72. The van der Waals surface area contributed by atoms with Gasteiger partial charge >= 0.3 is 0 Å². The van der Waals surface area contributed by atoms with E-state index in [1.54, 1.807) is 12.1 Å². The van der Waals surface area contributed by atoms with Crippen molar-refractivity contribution in [2.24, 2.45) is 0 Å². The van der Waals surface area contributed by atoms with Crippen LogP contribution in [0.1, 0.15) is 13.8 Å². The van der Waals surface area contributed by atoms with Crippen molar-refractivity contribution in [3.05, 3.63) is 27.8 Å². The summed E-state index contributed by atoms with van der Waals surface area (Å²) in [6, 6.07) is 3.27. The number of H-pyrrole nitrogens is 1. The molecule has 1 aromatic carbocycles. The zero-order valence-electron chi connectivity index (χ0n) is 10.1. The molecule has 0 bridgehead atoms. The number of rotatable bonds is 4. The Bertz CT molecular complexity index is 624. The topological polar surface area (TPSA) is 64.2 Å². The Morgan fingerprint density at radius 2 is 1.83 bits per heavy atom. The number of benzene rings is 1. The van der Waals surface area contributed by atoms with Crippen molar-refractivity contribution in [1.82, 2.24) is 9.97 Å². The van der Waals surface area contributed by atoms with Crippen LogP contribution in [0.3, 0.4) is 0 Å². The number of hydrogen-bond acceptors (Lipinski definition) is 4. The van der Waals surface area contributed by atoms with Gasteiger partial charge in [-0.25, -0.2) is 4.98 Å². The molecule has 0 saturated carbocycles. The standard InChI is InChI=1S/C12H13ClN2O3/c1-3-17-9-5-7-8(6-10(9)18-4-2)14-12(13)15-11(7)16/h5-6H,3-4H2,1-2H3,(H,14,15,16). The number of aromatic nitrogens is 2. The van der Waals surface area contributed by atoms with Crippen LogP contribution >= 0.6 is 11.6 Å². The van der Waals surface area contributed by atoms with Gasteiger partial charge < -0.3 is 9.47 Å². The molecule has 0 amide bonds. The highest BCUT2D eigenvalue weighted by molar-refractivity contribution is 6.28. The third kappa shape index (κ3) is 2.41. The molecule has 0 atom stereocenters. The molecule has 0 radical (unpaired) electrons. The van der Waals surface area contributed by atoms with Crippen LogP contribution in [-0.2, 0) is 0 Å². The van der Waals surface area contributed by atoms with Crippen LogP contribution in [-0.4, -0.2) is 23.2 Å². The van der Waals surface area contributed by atoms with E-state index in [0.717, 1.165) is 0 Å². The predicted molar refractivity (Wildman–Crippen MR) is 69.7 cm³/mol. The molecule has 0 aliphatic heterocycles. The Morgan fingerprint density at radius 3 is 2.44 bits per heavy atom. The van der Waals surface area contributed by atoms with Crippen LogP contribution in [0.15, 0.2) is 16.9 Å². The van der Waals surface area contributed by atoms with E-state index < -0.39 is 0 Å². The van der Waals surface area contributed by atoms with Gasteiger partial charge in [-0.15, -0.1) is 0 Å². The lowest BCUT2D eigenvalue weighted by atomic mass is 10.2. The first kappa shape index (κ1) is 12.7. The van der Waals surface area contributed by atoms with Gasteiger partial charge in [0.1, 0.15) is 0 Å². The summed E-state index contributed by atoms with van der Waals surface area (Å²) in [7, 11) is 0. The van der Waals surface area contributed by atoms with Crippen molar-refractivity contribution < 1.29 is 9.47 Å². The molecule has 1 N–H and O–H groups in total. The first-order valence-corrected chi connectivity index (χ1v) is 6.02. The molecule has 18 heavy (non-hydrogen) atoms. The van der Waals surface area contributed by atoms with Crippen molar-refractivity contribution in [2.75, 3.05) is 13.2 Å². The molecule has 0 aliphatic carbocycles. The predicted octanol–water partition coefficient (Wildman–Crippen LogP) is 2.37. The minimum atomic E-state index is -0.297. The summed E-state index contributed by atoms with van der Waals surface area (Å²) in [6.45, 7) is 4.73. The Morgan fingerprint density at radius 1 is 1.22 bits per heavy atom. The molecular weight excluding hydrogens is 256 g/mol. The van der Waals surface area contributed by atoms with E-state index in [9.17, 15) is 4.79 Å². The van der Waals surface area contributed by atoms with Crippen molar-refractivity contribution in [1.29, 1.82) is 0 Å². The maximum Gasteiger partial charge on any atom is 0.259 e. The summed E-state index contributed by atoms with van der Waals surface area (Å²) in [5.41, 5.74) is 0.185. The van der Waals surface area contributed by atoms with Crippen LogP contribution < -0.4 is 15.0 Å². The second kappa shape index (κ2) is 5.27. The highest BCUT2D eigenvalue weighted by Gasteiger charge is 2.11. The number of fused-ring (bicyclic) bond motifs is 1. The van der Waals surface area contributed by atoms with E-state index in [1.807, 2.05) is 13.8 Å². The van der Waals surface area contributed by atoms with Gasteiger partial charge in [-0.1, -0.05) is 0 Å². The Labute approximate surface area is 109 Å². The smallest absolute Gasteiger partial charge is 0.259 e. The quantitative estimate of drug-likeness (QED) is 0.865. The Hall–Kier alpha value is -1.75. The molecule has 6 heteroatoms. The average Bonchev–Trinajstić information content (AvgIpc) is 2.31. The average molecular weight is 269 g/mol. The Balaban J connectivity index is 2.67. The van der Waals surface area contributed by atoms with E-state index in [1.165, 1.54) is 0 Å². The third-order valence-electron chi connectivity index (χ3n) is 2.34. The first-order valence-electron chi connectivity index (χ1n) is 5.64. The fraction of sp³-hybridized carbons (Fsp3) is 0.333. The third-order valence-corrected chi connectivity index (χ3v) is 2.52. The lowest BCUT2D eigenvalue weighted by Crippen LogP contribution is -2.09. The van der Waals surface area contributed by atoms with E-state index in [-0.39, 0.29) is 10.8 Å². The molecule has 0 unspecified atom stereocenters. The molecule has 1 aromatic heterocycles. The van der Waals surface area contributed by atoms with Gasteiger partial charge in [0.15, 0.2) is 11.5 Å². The summed E-state index contributed by atoms with van der Waals surface area (Å²) in [5, 5.41) is 0.477. The highest BCUT2D eigenvalue weighted by atomic mass is 35.5. The van der Waals surface area contributed by atoms with Crippen LogP contribution in [0.4, 0.5) is 0 Å². The zero-order valence-corrected chi connectivity index (χ0v) is 10.9. The van der Waals surface area contributed by atoms with Gasteiger partial charge in [0.05, 0.1) is 24.1 Å². The largest absolute Gasteiger partial charge is 0.490 e. The van der Waals surface area contributed by atoms with Crippen LogP contribution in [0.5, 0.6) is 11.5 Å². The van der Waals surface area contributed by atoms with Crippen LogP contribution in [0, 0.1) is 0 Å². The van der Waals surface area contributed by atoms with Gasteiger partial charge in [0.2, 0.25) is 5.28 Å². The fourth-order valence-corrected chi connectivity index (χ4v) is 1.83. The van der Waals surface area contributed by atoms with E-state index in [2.05, 4.69) is 9.97 Å². The summed E-state index contributed by atoms with van der Waals surface area (Å²) in [4.78, 5) is 18.2. The van der Waals surface area contributed by atoms with Gasteiger partial charge in [-0.05, 0) is 31.5 Å². The van der Waals surface area contributed by atoms with Crippen LogP contribution in [0.2, 0.25) is 5.28 Å². The van der Waals surface area contributed by atoms with Crippen molar-refractivity contribution in [2.45, 2.75) is 13.8 Å². The number of ether oxygens (including phenoxy) is 2. The highest BCUT2D eigenvalue weighted by Crippen LogP contribution is 2.30. The minimum absolute atomic E-state index is 0.0547. The van der Waals surface area contributed by atoms with Gasteiger partial charge in [-0.3, -0.25) is 9.78 Å². The summed E-state index contributed by atoms with van der Waals surface area (Å²) < 4.78 is 10.9. The maximum absolute atomic E-state index is 11.7. The molecule has 0 saturated heterocycles. The number of nitrogens with zero attached hydrogens (tertiary/aromatic N) is 1. The zero-order chi connectivity index (χ0) is 13.1. The van der Waals surface area contributed by atoms with Gasteiger partial charge in [0.25, 0.3) is 5.56 Å². The van der Waals surface area contributed by atoms with Crippen molar-refractivity contribution in [3.8, 4) is 11.5 Å². The minimum Gasteiger partial charge on any atom is -0.490 e. The fourth-order valence-electron chi connectivity index (χ4n) is 1.65. The molecule has 1 heterocycles. The van der Waals surface area contributed by atoms with Crippen molar-refractivity contribution in [3.63, 3.8) is 0 Å². The van der Waals surface area contributed by atoms with E-state index in [0.29, 0.717) is 35.6 Å². The van der Waals surface area contributed by atoms with Gasteiger partial charge in [-0.2, -0.15) is 0 Å². The molecule has 2 rings (SSSR count). The monoisotopic (exact) mass is 268 g/mol.